The summed E-state index contributed by atoms with van der Waals surface area (Å²) in [5.74, 6) is 0.577. The third kappa shape index (κ3) is 4.00. The molecule has 0 radical (unpaired) electrons. The second kappa shape index (κ2) is 6.27. The minimum absolute atomic E-state index is 0.577. The summed E-state index contributed by atoms with van der Waals surface area (Å²) in [5, 5.41) is 3.29. The number of rotatable bonds is 4. The number of anilines is 1. The number of allylic oxidation sites excluding steroid dienone is 1. The van der Waals surface area contributed by atoms with Crippen LogP contribution in [0.15, 0.2) is 36.4 Å². The quantitative estimate of drug-likeness (QED) is 0.510. The summed E-state index contributed by atoms with van der Waals surface area (Å²) in [6.07, 6.45) is 3.96. The van der Waals surface area contributed by atoms with Crippen LogP contribution in [0.4, 0.5) is 5.69 Å². The van der Waals surface area contributed by atoms with Gasteiger partial charge in [-0.3, -0.25) is 0 Å². The molecule has 0 aliphatic rings. The Morgan fingerprint density at radius 2 is 2.08 bits per heavy atom. The van der Waals surface area contributed by atoms with Crippen LogP contribution in [0, 0.1) is 3.57 Å². The first-order valence-corrected chi connectivity index (χ1v) is 5.65. The number of hydrogen-bond acceptors (Lipinski definition) is 1. The zero-order valence-corrected chi connectivity index (χ0v) is 10.0. The minimum Gasteiger partial charge on any atom is -0.381 e. The van der Waals surface area contributed by atoms with Crippen molar-refractivity contribution < 1.29 is 0 Å². The van der Waals surface area contributed by atoms with Gasteiger partial charge in [-0.15, -0.1) is 11.6 Å². The molecule has 0 amide bonds. The van der Waals surface area contributed by atoms with Crippen LogP contribution < -0.4 is 5.32 Å². The van der Waals surface area contributed by atoms with Gasteiger partial charge in [-0.2, -0.15) is 0 Å². The highest BCUT2D eigenvalue weighted by molar-refractivity contribution is 14.1. The predicted molar refractivity (Wildman–Crippen MR) is 67.5 cm³/mol. The van der Waals surface area contributed by atoms with Crippen molar-refractivity contribution in [1.29, 1.82) is 0 Å². The average molecular weight is 308 g/mol. The fourth-order valence-electron chi connectivity index (χ4n) is 0.920. The van der Waals surface area contributed by atoms with Crippen molar-refractivity contribution in [2.24, 2.45) is 0 Å². The van der Waals surface area contributed by atoms with Gasteiger partial charge in [-0.25, -0.2) is 0 Å². The van der Waals surface area contributed by atoms with E-state index in [1.54, 1.807) is 0 Å². The van der Waals surface area contributed by atoms with E-state index in [0.29, 0.717) is 5.88 Å². The third-order valence-electron chi connectivity index (χ3n) is 1.54. The fourth-order valence-corrected chi connectivity index (χ4v) is 1.62. The van der Waals surface area contributed by atoms with Crippen LogP contribution in [-0.4, -0.2) is 12.4 Å². The zero-order valence-electron chi connectivity index (χ0n) is 7.13. The monoisotopic (exact) mass is 307 g/mol. The summed E-state index contributed by atoms with van der Waals surface area (Å²) < 4.78 is 1.24. The Morgan fingerprint density at radius 3 is 2.77 bits per heavy atom. The molecule has 0 fully saturated rings. The molecule has 0 unspecified atom stereocenters. The first-order valence-electron chi connectivity index (χ1n) is 4.04. The van der Waals surface area contributed by atoms with Gasteiger partial charge in [0.25, 0.3) is 0 Å². The van der Waals surface area contributed by atoms with Crippen molar-refractivity contribution in [3.05, 3.63) is 40.0 Å². The first-order chi connectivity index (χ1) is 6.34. The molecule has 0 bridgehead atoms. The SMILES string of the molecule is ClC/C=C/CNc1ccccc1I. The summed E-state index contributed by atoms with van der Waals surface area (Å²) in [5.41, 5.74) is 1.17. The lowest BCUT2D eigenvalue weighted by Crippen LogP contribution is -1.99. The maximum absolute atomic E-state index is 5.50. The summed E-state index contributed by atoms with van der Waals surface area (Å²) in [4.78, 5) is 0. The second-order valence-electron chi connectivity index (χ2n) is 2.49. The molecular formula is C10H11ClIN. The molecule has 0 aliphatic carbocycles. The van der Waals surface area contributed by atoms with Gasteiger partial charge in [0, 0.05) is 21.7 Å². The van der Waals surface area contributed by atoms with Gasteiger partial charge < -0.3 is 5.32 Å². The largest absolute Gasteiger partial charge is 0.381 e. The molecule has 1 rings (SSSR count). The Hall–Kier alpha value is -0.220. The Morgan fingerprint density at radius 1 is 1.31 bits per heavy atom. The highest BCUT2D eigenvalue weighted by Crippen LogP contribution is 2.16. The molecule has 1 aromatic rings. The highest BCUT2D eigenvalue weighted by atomic mass is 127. The Labute approximate surface area is 97.3 Å². The number of halogens is 2. The van der Waals surface area contributed by atoms with Crippen LogP contribution >= 0.6 is 34.2 Å². The van der Waals surface area contributed by atoms with Crippen LogP contribution in [0.2, 0.25) is 0 Å². The van der Waals surface area contributed by atoms with E-state index in [9.17, 15) is 0 Å². The van der Waals surface area contributed by atoms with Gasteiger partial charge in [-0.05, 0) is 34.7 Å². The van der Waals surface area contributed by atoms with Crippen molar-refractivity contribution >= 4 is 39.9 Å². The number of nitrogens with one attached hydrogen (secondary N) is 1. The molecule has 0 spiro atoms. The Balaban J connectivity index is 2.45. The van der Waals surface area contributed by atoms with Crippen LogP contribution in [0.3, 0.4) is 0 Å². The fraction of sp³-hybridized carbons (Fsp3) is 0.200. The molecule has 1 nitrogen and oxygen atoms in total. The topological polar surface area (TPSA) is 12.0 Å². The van der Waals surface area contributed by atoms with Gasteiger partial charge in [0.15, 0.2) is 0 Å². The van der Waals surface area contributed by atoms with Crippen molar-refractivity contribution in [2.75, 3.05) is 17.7 Å². The molecule has 0 atom stereocenters. The Kier molecular flexibility index (Phi) is 5.23. The van der Waals surface area contributed by atoms with Crippen molar-refractivity contribution in [3.63, 3.8) is 0 Å². The second-order valence-corrected chi connectivity index (χ2v) is 3.96. The van der Waals surface area contributed by atoms with Crippen LogP contribution in [-0.2, 0) is 0 Å². The van der Waals surface area contributed by atoms with Crippen LogP contribution in [0.1, 0.15) is 0 Å². The van der Waals surface area contributed by atoms with E-state index < -0.39 is 0 Å². The number of hydrogen-bond donors (Lipinski definition) is 1. The molecule has 3 heteroatoms. The lowest BCUT2D eigenvalue weighted by atomic mass is 10.3. The van der Waals surface area contributed by atoms with Crippen molar-refractivity contribution in [3.8, 4) is 0 Å². The van der Waals surface area contributed by atoms with E-state index in [1.807, 2.05) is 24.3 Å². The third-order valence-corrected chi connectivity index (χ3v) is 2.66. The van der Waals surface area contributed by atoms with Gasteiger partial charge >= 0.3 is 0 Å². The smallest absolute Gasteiger partial charge is 0.0478 e. The maximum atomic E-state index is 5.50. The Bertz CT molecular complexity index is 286. The van der Waals surface area contributed by atoms with Gasteiger partial charge in [-0.1, -0.05) is 24.3 Å². The molecule has 70 valence electrons. The van der Waals surface area contributed by atoms with Gasteiger partial charge in [0.05, 0.1) is 0 Å². The lowest BCUT2D eigenvalue weighted by Gasteiger charge is -2.04. The molecule has 0 aromatic heterocycles. The summed E-state index contributed by atoms with van der Waals surface area (Å²) in [7, 11) is 0. The minimum atomic E-state index is 0.577. The molecule has 0 aliphatic heterocycles. The molecule has 0 heterocycles. The molecule has 13 heavy (non-hydrogen) atoms. The van der Waals surface area contributed by atoms with E-state index >= 15 is 0 Å². The van der Waals surface area contributed by atoms with Crippen molar-refractivity contribution in [2.45, 2.75) is 0 Å². The molecule has 0 saturated heterocycles. The van der Waals surface area contributed by atoms with Gasteiger partial charge in [0.2, 0.25) is 0 Å². The van der Waals surface area contributed by atoms with E-state index in [4.69, 9.17) is 11.6 Å². The number of alkyl halides is 1. The van der Waals surface area contributed by atoms with Crippen molar-refractivity contribution in [1.82, 2.24) is 0 Å². The van der Waals surface area contributed by atoms with E-state index in [2.05, 4.69) is 40.0 Å². The van der Waals surface area contributed by atoms with Crippen LogP contribution in [0.25, 0.3) is 0 Å². The highest BCUT2D eigenvalue weighted by Gasteiger charge is 1.93. The van der Waals surface area contributed by atoms with E-state index in [-0.39, 0.29) is 0 Å². The molecule has 1 aromatic carbocycles. The standard InChI is InChI=1S/C10H11ClIN/c11-7-3-4-8-13-10-6-2-1-5-9(10)12/h1-6,13H,7-8H2/b4-3+. The molecule has 0 saturated carbocycles. The molecular weight excluding hydrogens is 296 g/mol. The van der Waals surface area contributed by atoms with E-state index in [0.717, 1.165) is 6.54 Å². The summed E-state index contributed by atoms with van der Waals surface area (Å²) in [6, 6.07) is 8.20. The zero-order chi connectivity index (χ0) is 9.52. The predicted octanol–water partition coefficient (Wildman–Crippen LogP) is 3.50. The summed E-state index contributed by atoms with van der Waals surface area (Å²) in [6.45, 7) is 0.826. The first kappa shape index (κ1) is 10.9. The lowest BCUT2D eigenvalue weighted by molar-refractivity contribution is 1.32. The number of para-hydroxylation sites is 1. The van der Waals surface area contributed by atoms with Gasteiger partial charge in [0.1, 0.15) is 0 Å². The number of benzene rings is 1. The average Bonchev–Trinajstić information content (AvgIpc) is 2.15. The maximum Gasteiger partial charge on any atom is 0.0478 e. The normalized spacial score (nSPS) is 10.6. The van der Waals surface area contributed by atoms with Crippen LogP contribution in [0.5, 0.6) is 0 Å². The van der Waals surface area contributed by atoms with E-state index in [1.165, 1.54) is 9.26 Å². The summed E-state index contributed by atoms with van der Waals surface area (Å²) >= 11 is 7.81. The molecule has 1 N–H and O–H groups in total.